The molecule has 1 aliphatic rings. The number of benzene rings is 1. The molecule has 0 radical (unpaired) electrons. The fraction of sp³-hybridized carbons (Fsp3) is 0.533. The zero-order valence-corrected chi connectivity index (χ0v) is 11.8. The molecule has 1 aliphatic carbocycles. The molecule has 0 atom stereocenters. The van der Waals surface area contributed by atoms with E-state index in [4.69, 9.17) is 5.73 Å². The third-order valence-electron chi connectivity index (χ3n) is 3.49. The summed E-state index contributed by atoms with van der Waals surface area (Å²) in [4.78, 5) is 16.2. The molecule has 0 spiro atoms. The maximum atomic E-state index is 12.2. The van der Waals surface area contributed by atoms with Crippen LogP contribution in [-0.4, -0.2) is 41.9 Å². The number of anilines is 1. The van der Waals surface area contributed by atoms with Gasteiger partial charge in [-0.1, -0.05) is 12.1 Å². The van der Waals surface area contributed by atoms with E-state index in [2.05, 4.69) is 11.8 Å². The van der Waals surface area contributed by atoms with Gasteiger partial charge in [0, 0.05) is 24.8 Å². The monoisotopic (exact) mass is 261 g/mol. The van der Waals surface area contributed by atoms with Crippen LogP contribution < -0.4 is 5.73 Å². The highest BCUT2D eigenvalue weighted by atomic mass is 16.2. The lowest BCUT2D eigenvalue weighted by molar-refractivity contribution is -0.132. The smallest absolute Gasteiger partial charge is 0.236 e. The van der Waals surface area contributed by atoms with Crippen LogP contribution >= 0.6 is 0 Å². The molecule has 0 bridgehead atoms. The molecular formula is C15H23N3O. The average Bonchev–Trinajstić information content (AvgIpc) is 3.17. The predicted octanol–water partition coefficient (Wildman–Crippen LogP) is 1.71. The first kappa shape index (κ1) is 13.9. The van der Waals surface area contributed by atoms with Crippen LogP contribution in [0.2, 0.25) is 0 Å². The standard InChI is InChI=1S/C15H23N3O/c1-3-18(14-8-9-14)15(19)11-17(2)10-12-4-6-13(16)7-5-12/h4-7,14H,3,8-11,16H2,1-2H3. The molecule has 0 unspecified atom stereocenters. The Hall–Kier alpha value is -1.55. The first-order chi connectivity index (χ1) is 9.10. The molecule has 104 valence electrons. The van der Waals surface area contributed by atoms with Crippen molar-refractivity contribution in [2.45, 2.75) is 32.4 Å². The molecule has 1 saturated carbocycles. The van der Waals surface area contributed by atoms with E-state index in [1.807, 2.05) is 36.2 Å². The van der Waals surface area contributed by atoms with Gasteiger partial charge in [0.2, 0.25) is 5.91 Å². The van der Waals surface area contributed by atoms with Crippen molar-refractivity contribution in [1.29, 1.82) is 0 Å². The molecule has 1 aromatic carbocycles. The van der Waals surface area contributed by atoms with Gasteiger partial charge in [-0.05, 0) is 44.5 Å². The largest absolute Gasteiger partial charge is 0.399 e. The number of carbonyl (C=O) groups is 1. The second kappa shape index (κ2) is 6.06. The fourth-order valence-electron chi connectivity index (χ4n) is 2.34. The van der Waals surface area contributed by atoms with Gasteiger partial charge >= 0.3 is 0 Å². The highest BCUT2D eigenvalue weighted by molar-refractivity contribution is 5.78. The zero-order valence-electron chi connectivity index (χ0n) is 11.8. The van der Waals surface area contributed by atoms with Crippen LogP contribution in [0.15, 0.2) is 24.3 Å². The van der Waals surface area contributed by atoms with E-state index in [0.717, 1.165) is 18.8 Å². The highest BCUT2D eigenvalue weighted by Crippen LogP contribution is 2.26. The second-order valence-electron chi connectivity index (χ2n) is 5.32. The lowest BCUT2D eigenvalue weighted by atomic mass is 10.2. The summed E-state index contributed by atoms with van der Waals surface area (Å²) in [6.07, 6.45) is 2.34. The molecule has 0 saturated heterocycles. The normalized spacial score (nSPS) is 14.7. The van der Waals surface area contributed by atoms with E-state index >= 15 is 0 Å². The van der Waals surface area contributed by atoms with Crippen LogP contribution in [-0.2, 0) is 11.3 Å². The van der Waals surface area contributed by atoms with Crippen molar-refractivity contribution in [2.75, 3.05) is 25.9 Å². The van der Waals surface area contributed by atoms with Gasteiger partial charge in [-0.25, -0.2) is 0 Å². The molecular weight excluding hydrogens is 238 g/mol. The van der Waals surface area contributed by atoms with Crippen molar-refractivity contribution < 1.29 is 4.79 Å². The summed E-state index contributed by atoms with van der Waals surface area (Å²) in [6.45, 7) is 4.12. The van der Waals surface area contributed by atoms with Gasteiger partial charge < -0.3 is 10.6 Å². The van der Waals surface area contributed by atoms with Crippen LogP contribution in [0.4, 0.5) is 5.69 Å². The van der Waals surface area contributed by atoms with E-state index in [1.54, 1.807) is 0 Å². The van der Waals surface area contributed by atoms with Crippen molar-refractivity contribution in [3.05, 3.63) is 29.8 Å². The fourth-order valence-corrected chi connectivity index (χ4v) is 2.34. The van der Waals surface area contributed by atoms with E-state index in [9.17, 15) is 4.79 Å². The molecule has 4 heteroatoms. The number of rotatable bonds is 6. The number of nitrogen functional groups attached to an aromatic ring is 1. The minimum Gasteiger partial charge on any atom is -0.399 e. The zero-order chi connectivity index (χ0) is 13.8. The average molecular weight is 261 g/mol. The Kier molecular flexibility index (Phi) is 4.43. The molecule has 2 rings (SSSR count). The van der Waals surface area contributed by atoms with Crippen molar-refractivity contribution in [2.24, 2.45) is 0 Å². The Morgan fingerprint density at radius 3 is 2.47 bits per heavy atom. The third kappa shape index (κ3) is 3.96. The van der Waals surface area contributed by atoms with Gasteiger partial charge in [0.05, 0.1) is 6.54 Å². The quantitative estimate of drug-likeness (QED) is 0.793. The Balaban J connectivity index is 1.84. The van der Waals surface area contributed by atoms with Crippen LogP contribution in [0, 0.1) is 0 Å². The van der Waals surface area contributed by atoms with Crippen LogP contribution in [0.3, 0.4) is 0 Å². The third-order valence-corrected chi connectivity index (χ3v) is 3.49. The molecule has 2 N–H and O–H groups in total. The summed E-state index contributed by atoms with van der Waals surface area (Å²) >= 11 is 0. The Morgan fingerprint density at radius 1 is 1.32 bits per heavy atom. The number of nitrogens with two attached hydrogens (primary N) is 1. The van der Waals surface area contributed by atoms with Crippen molar-refractivity contribution in [3.63, 3.8) is 0 Å². The minimum atomic E-state index is 0.239. The lowest BCUT2D eigenvalue weighted by Gasteiger charge is -2.24. The summed E-state index contributed by atoms with van der Waals surface area (Å²) in [5, 5.41) is 0. The van der Waals surface area contributed by atoms with Gasteiger partial charge in [0.1, 0.15) is 0 Å². The van der Waals surface area contributed by atoms with E-state index in [0.29, 0.717) is 12.6 Å². The summed E-state index contributed by atoms with van der Waals surface area (Å²) in [7, 11) is 1.98. The molecule has 4 nitrogen and oxygen atoms in total. The topological polar surface area (TPSA) is 49.6 Å². The maximum absolute atomic E-state index is 12.2. The number of nitrogens with zero attached hydrogens (tertiary/aromatic N) is 2. The number of hydrogen-bond acceptors (Lipinski definition) is 3. The second-order valence-corrected chi connectivity index (χ2v) is 5.32. The number of likely N-dealkylation sites (N-methyl/N-ethyl adjacent to an activating group) is 2. The molecule has 0 aromatic heterocycles. The summed E-state index contributed by atoms with van der Waals surface area (Å²) in [5.41, 5.74) is 7.61. The van der Waals surface area contributed by atoms with Crippen LogP contribution in [0.5, 0.6) is 0 Å². The molecule has 19 heavy (non-hydrogen) atoms. The van der Waals surface area contributed by atoms with E-state index < -0.39 is 0 Å². The maximum Gasteiger partial charge on any atom is 0.236 e. The number of hydrogen-bond donors (Lipinski definition) is 1. The molecule has 1 fully saturated rings. The van der Waals surface area contributed by atoms with Gasteiger partial charge in [0.25, 0.3) is 0 Å². The van der Waals surface area contributed by atoms with Crippen molar-refractivity contribution in [1.82, 2.24) is 9.80 Å². The van der Waals surface area contributed by atoms with Gasteiger partial charge in [0.15, 0.2) is 0 Å². The lowest BCUT2D eigenvalue weighted by Crippen LogP contribution is -2.40. The Bertz CT molecular complexity index is 426. The van der Waals surface area contributed by atoms with E-state index in [1.165, 1.54) is 18.4 Å². The predicted molar refractivity (Wildman–Crippen MR) is 77.6 cm³/mol. The molecule has 1 aromatic rings. The Morgan fingerprint density at radius 2 is 1.95 bits per heavy atom. The molecule has 0 aliphatic heterocycles. The van der Waals surface area contributed by atoms with E-state index in [-0.39, 0.29) is 5.91 Å². The highest BCUT2D eigenvalue weighted by Gasteiger charge is 2.31. The van der Waals surface area contributed by atoms with Crippen molar-refractivity contribution >= 4 is 11.6 Å². The SMILES string of the molecule is CCN(C(=O)CN(C)Cc1ccc(N)cc1)C1CC1. The van der Waals surface area contributed by atoms with Crippen LogP contribution in [0.1, 0.15) is 25.3 Å². The van der Waals surface area contributed by atoms with Crippen molar-refractivity contribution in [3.8, 4) is 0 Å². The number of carbonyl (C=O) groups excluding carboxylic acids is 1. The molecule has 1 amide bonds. The van der Waals surface area contributed by atoms with Gasteiger partial charge in [-0.15, -0.1) is 0 Å². The summed E-state index contributed by atoms with van der Waals surface area (Å²) in [5.74, 6) is 0.239. The first-order valence-corrected chi connectivity index (χ1v) is 6.92. The number of amides is 1. The van der Waals surface area contributed by atoms with Crippen LogP contribution in [0.25, 0.3) is 0 Å². The Labute approximate surface area is 115 Å². The summed E-state index contributed by atoms with van der Waals surface area (Å²) < 4.78 is 0. The minimum absolute atomic E-state index is 0.239. The molecule has 0 heterocycles. The summed E-state index contributed by atoms with van der Waals surface area (Å²) in [6, 6.07) is 8.31. The van der Waals surface area contributed by atoms with Gasteiger partial charge in [-0.2, -0.15) is 0 Å². The first-order valence-electron chi connectivity index (χ1n) is 6.92. The van der Waals surface area contributed by atoms with Gasteiger partial charge in [-0.3, -0.25) is 9.69 Å².